The molecule has 1 N–H and O–H groups in total. The number of fused-ring (bicyclic) bond motifs is 1. The molecule has 6 nitrogen and oxygen atoms in total. The molecule has 0 bridgehead atoms. The van der Waals surface area contributed by atoms with Gasteiger partial charge in [-0.15, -0.1) is 0 Å². The second kappa shape index (κ2) is 9.33. The zero-order valence-corrected chi connectivity index (χ0v) is 17.5. The Labute approximate surface area is 175 Å². The molecule has 0 unspecified atom stereocenters. The molecule has 1 fully saturated rings. The molecule has 3 aromatic rings. The first kappa shape index (κ1) is 19.8. The number of ether oxygens (including phenoxy) is 1. The van der Waals surface area contributed by atoms with Crippen LogP contribution in [0.25, 0.3) is 11.0 Å². The zero-order chi connectivity index (χ0) is 20.1. The van der Waals surface area contributed by atoms with E-state index in [9.17, 15) is 4.79 Å². The van der Waals surface area contributed by atoms with Crippen LogP contribution in [0.1, 0.15) is 12.8 Å². The summed E-state index contributed by atoms with van der Waals surface area (Å²) in [4.78, 5) is 19.7. The molecule has 2 heterocycles. The Kier molecular flexibility index (Phi) is 6.36. The number of imidazole rings is 1. The molecule has 7 heteroatoms. The van der Waals surface area contributed by atoms with Crippen molar-refractivity contribution < 1.29 is 9.53 Å². The van der Waals surface area contributed by atoms with Gasteiger partial charge < -0.3 is 19.5 Å². The SMILES string of the molecule is COCCn1c(SCC(=O)Nc2ccccc2N2CCCC2)nc2ccccc21. The van der Waals surface area contributed by atoms with Crippen molar-refractivity contribution >= 4 is 40.1 Å². The number of hydrogen-bond acceptors (Lipinski definition) is 5. The molecule has 1 aromatic heterocycles. The monoisotopic (exact) mass is 410 g/mol. The number of nitrogens with zero attached hydrogens (tertiary/aromatic N) is 3. The third-order valence-electron chi connectivity index (χ3n) is 5.10. The number of rotatable bonds is 8. The lowest BCUT2D eigenvalue weighted by Gasteiger charge is -2.21. The van der Waals surface area contributed by atoms with E-state index in [1.807, 2.05) is 36.4 Å². The Bertz CT molecular complexity index is 982. The molecule has 0 spiro atoms. The number of para-hydroxylation sites is 4. The number of carbonyl (C=O) groups is 1. The topological polar surface area (TPSA) is 59.4 Å². The van der Waals surface area contributed by atoms with Crippen LogP contribution < -0.4 is 10.2 Å². The maximum absolute atomic E-state index is 12.7. The van der Waals surface area contributed by atoms with E-state index in [0.29, 0.717) is 18.9 Å². The molecular weight excluding hydrogens is 384 g/mol. The van der Waals surface area contributed by atoms with Gasteiger partial charge in [0.15, 0.2) is 5.16 Å². The van der Waals surface area contributed by atoms with Crippen LogP contribution >= 0.6 is 11.8 Å². The van der Waals surface area contributed by atoms with Crippen molar-refractivity contribution in [1.29, 1.82) is 0 Å². The summed E-state index contributed by atoms with van der Waals surface area (Å²) in [6.07, 6.45) is 2.41. The minimum Gasteiger partial charge on any atom is -0.383 e. The van der Waals surface area contributed by atoms with E-state index in [1.54, 1.807) is 7.11 Å². The van der Waals surface area contributed by atoms with E-state index in [0.717, 1.165) is 40.7 Å². The van der Waals surface area contributed by atoms with Crippen molar-refractivity contribution in [2.75, 3.05) is 42.8 Å². The number of benzene rings is 2. The van der Waals surface area contributed by atoms with E-state index in [1.165, 1.54) is 24.6 Å². The number of hydrogen-bond donors (Lipinski definition) is 1. The molecule has 0 atom stereocenters. The Hall–Kier alpha value is -2.51. The molecule has 4 rings (SSSR count). The van der Waals surface area contributed by atoms with Crippen LogP contribution in [0.2, 0.25) is 0 Å². The van der Waals surface area contributed by atoms with Crippen LogP contribution in [0.5, 0.6) is 0 Å². The second-order valence-corrected chi connectivity index (χ2v) is 8.02. The molecule has 152 valence electrons. The summed E-state index contributed by atoms with van der Waals surface area (Å²) < 4.78 is 7.36. The predicted octanol–water partition coefficient (Wildman–Crippen LogP) is 4.01. The third-order valence-corrected chi connectivity index (χ3v) is 6.07. The fraction of sp³-hybridized carbons (Fsp3) is 0.364. The Morgan fingerprint density at radius 1 is 1.14 bits per heavy atom. The molecule has 1 saturated heterocycles. The first-order valence-corrected chi connectivity index (χ1v) is 11.0. The average Bonchev–Trinajstić information content (AvgIpc) is 3.39. The largest absolute Gasteiger partial charge is 0.383 e. The number of methoxy groups -OCH3 is 1. The molecule has 0 saturated carbocycles. The number of aromatic nitrogens is 2. The molecule has 0 aliphatic carbocycles. The van der Waals surface area contributed by atoms with E-state index >= 15 is 0 Å². The van der Waals surface area contributed by atoms with Crippen LogP contribution in [-0.4, -0.2) is 48.0 Å². The van der Waals surface area contributed by atoms with Gasteiger partial charge in [-0.3, -0.25) is 4.79 Å². The predicted molar refractivity (Wildman–Crippen MR) is 119 cm³/mol. The van der Waals surface area contributed by atoms with Crippen LogP contribution in [0.4, 0.5) is 11.4 Å². The van der Waals surface area contributed by atoms with Gasteiger partial charge in [-0.1, -0.05) is 36.0 Å². The Balaban J connectivity index is 1.45. The summed E-state index contributed by atoms with van der Waals surface area (Å²) in [5.74, 6) is 0.289. The highest BCUT2D eigenvalue weighted by molar-refractivity contribution is 7.99. The van der Waals surface area contributed by atoms with E-state index in [2.05, 4.69) is 26.9 Å². The van der Waals surface area contributed by atoms with Crippen LogP contribution in [-0.2, 0) is 16.1 Å². The summed E-state index contributed by atoms with van der Waals surface area (Å²) >= 11 is 1.46. The van der Waals surface area contributed by atoms with Gasteiger partial charge >= 0.3 is 0 Å². The molecular formula is C22H26N4O2S. The molecule has 1 aliphatic heterocycles. The van der Waals surface area contributed by atoms with Crippen molar-refractivity contribution in [2.45, 2.75) is 24.5 Å². The zero-order valence-electron chi connectivity index (χ0n) is 16.6. The standard InChI is InChI=1S/C22H26N4O2S/c1-28-15-14-26-20-11-5-3-9-18(20)24-22(26)29-16-21(27)23-17-8-2-4-10-19(17)25-12-6-7-13-25/h2-5,8-11H,6-7,12-16H2,1H3,(H,23,27). The Morgan fingerprint density at radius 2 is 1.90 bits per heavy atom. The van der Waals surface area contributed by atoms with Crippen LogP contribution in [0.3, 0.4) is 0 Å². The normalized spacial score (nSPS) is 13.9. The van der Waals surface area contributed by atoms with E-state index < -0.39 is 0 Å². The highest BCUT2D eigenvalue weighted by atomic mass is 32.2. The molecule has 1 amide bonds. The summed E-state index contributed by atoms with van der Waals surface area (Å²) in [7, 11) is 1.69. The van der Waals surface area contributed by atoms with Crippen molar-refractivity contribution in [3.63, 3.8) is 0 Å². The maximum atomic E-state index is 12.7. The van der Waals surface area contributed by atoms with Gasteiger partial charge in [0.2, 0.25) is 5.91 Å². The summed E-state index contributed by atoms with van der Waals surface area (Å²) in [5.41, 5.74) is 3.99. The van der Waals surface area contributed by atoms with E-state index in [-0.39, 0.29) is 5.91 Å². The van der Waals surface area contributed by atoms with Gasteiger partial charge in [-0.25, -0.2) is 4.98 Å². The highest BCUT2D eigenvalue weighted by Gasteiger charge is 2.17. The van der Waals surface area contributed by atoms with Crippen molar-refractivity contribution in [3.05, 3.63) is 48.5 Å². The van der Waals surface area contributed by atoms with Crippen molar-refractivity contribution in [1.82, 2.24) is 9.55 Å². The summed E-state index contributed by atoms with van der Waals surface area (Å²) in [5, 5.41) is 3.93. The minimum atomic E-state index is -0.0213. The van der Waals surface area contributed by atoms with Crippen molar-refractivity contribution in [2.24, 2.45) is 0 Å². The average molecular weight is 411 g/mol. The van der Waals surface area contributed by atoms with Gasteiger partial charge in [0.1, 0.15) is 0 Å². The lowest BCUT2D eigenvalue weighted by Crippen LogP contribution is -2.21. The van der Waals surface area contributed by atoms with Gasteiger partial charge in [-0.2, -0.15) is 0 Å². The van der Waals surface area contributed by atoms with Gasteiger partial charge in [-0.05, 0) is 37.1 Å². The number of carbonyl (C=O) groups excluding carboxylic acids is 1. The van der Waals surface area contributed by atoms with Crippen LogP contribution in [0.15, 0.2) is 53.7 Å². The van der Waals surface area contributed by atoms with Gasteiger partial charge in [0, 0.05) is 26.7 Å². The number of anilines is 2. The van der Waals surface area contributed by atoms with E-state index in [4.69, 9.17) is 9.72 Å². The van der Waals surface area contributed by atoms with Crippen molar-refractivity contribution in [3.8, 4) is 0 Å². The summed E-state index contributed by atoms with van der Waals surface area (Å²) in [6, 6.07) is 16.1. The quantitative estimate of drug-likeness (QED) is 0.569. The first-order chi connectivity index (χ1) is 14.3. The lowest BCUT2D eigenvalue weighted by molar-refractivity contribution is -0.113. The lowest BCUT2D eigenvalue weighted by atomic mass is 10.2. The fourth-order valence-electron chi connectivity index (χ4n) is 3.69. The molecule has 29 heavy (non-hydrogen) atoms. The first-order valence-electron chi connectivity index (χ1n) is 9.97. The molecule has 0 radical (unpaired) electrons. The smallest absolute Gasteiger partial charge is 0.234 e. The highest BCUT2D eigenvalue weighted by Crippen LogP contribution is 2.29. The number of nitrogens with one attached hydrogen (secondary N) is 1. The van der Waals surface area contributed by atoms with Gasteiger partial charge in [0.05, 0.1) is 34.8 Å². The van der Waals surface area contributed by atoms with Gasteiger partial charge in [0.25, 0.3) is 0 Å². The number of thioether (sulfide) groups is 1. The summed E-state index contributed by atoms with van der Waals surface area (Å²) in [6.45, 7) is 3.40. The minimum absolute atomic E-state index is 0.0213. The molecule has 1 aliphatic rings. The Morgan fingerprint density at radius 3 is 2.72 bits per heavy atom. The second-order valence-electron chi connectivity index (χ2n) is 7.08. The number of amides is 1. The van der Waals surface area contributed by atoms with Crippen LogP contribution in [0, 0.1) is 0 Å². The third kappa shape index (κ3) is 4.57. The fourth-order valence-corrected chi connectivity index (χ4v) is 4.53. The maximum Gasteiger partial charge on any atom is 0.234 e. The molecule has 2 aromatic carbocycles.